The van der Waals surface area contributed by atoms with Gasteiger partial charge in [-0.05, 0) is 43.7 Å². The molecule has 0 radical (unpaired) electrons. The van der Waals surface area contributed by atoms with Crippen LogP contribution in [0.4, 0.5) is 0 Å². The average molecular weight is 359 g/mol. The monoisotopic (exact) mass is 359 g/mol. The smallest absolute Gasteiger partial charge is 0.264 e. The molecule has 0 aliphatic carbocycles. The van der Waals surface area contributed by atoms with Crippen molar-refractivity contribution in [2.24, 2.45) is 0 Å². The first kappa shape index (κ1) is 17.1. The van der Waals surface area contributed by atoms with Crippen LogP contribution in [0.3, 0.4) is 0 Å². The van der Waals surface area contributed by atoms with E-state index in [9.17, 15) is 13.2 Å². The Morgan fingerprint density at radius 1 is 1.12 bits per heavy atom. The number of nitrogens with one attached hydrogen (secondary N) is 2. The second-order valence-corrected chi connectivity index (χ2v) is 7.36. The maximum atomic E-state index is 12.6. The van der Waals surface area contributed by atoms with Gasteiger partial charge >= 0.3 is 0 Å². The van der Waals surface area contributed by atoms with E-state index in [1.54, 1.807) is 44.2 Å². The van der Waals surface area contributed by atoms with Crippen LogP contribution >= 0.6 is 0 Å². The number of aromatic amines is 1. The highest BCUT2D eigenvalue weighted by Crippen LogP contribution is 2.23. The first-order valence-electron chi connectivity index (χ1n) is 7.57. The summed E-state index contributed by atoms with van der Waals surface area (Å²) in [6.45, 7) is 3.58. The molecule has 25 heavy (non-hydrogen) atoms. The number of rotatable bonds is 5. The third kappa shape index (κ3) is 3.86. The van der Waals surface area contributed by atoms with Gasteiger partial charge in [0, 0.05) is 11.6 Å². The number of H-pyrrole nitrogens is 1. The van der Waals surface area contributed by atoms with Gasteiger partial charge in [-0.1, -0.05) is 12.1 Å². The maximum Gasteiger partial charge on any atom is 0.264 e. The van der Waals surface area contributed by atoms with Crippen molar-refractivity contribution in [3.8, 4) is 11.3 Å². The standard InChI is InChI=1S/C17H17N3O4S/c1-11-3-5-13(15-7-8-17(21)20-19-15)9-16(11)25(22,23)18-10-14-6-4-12(2)24-14/h3-9,18H,10H2,1-2H3,(H,20,21). The minimum atomic E-state index is -3.73. The molecule has 0 saturated carbocycles. The van der Waals surface area contributed by atoms with E-state index in [0.717, 1.165) is 5.76 Å². The summed E-state index contributed by atoms with van der Waals surface area (Å²) < 4.78 is 33.2. The molecule has 8 heteroatoms. The van der Waals surface area contributed by atoms with Crippen LogP contribution in [0.2, 0.25) is 0 Å². The highest BCUT2D eigenvalue weighted by atomic mass is 32.2. The fourth-order valence-electron chi connectivity index (χ4n) is 2.38. The SMILES string of the molecule is Cc1ccc(CNS(=O)(=O)c2cc(-c3ccc(=O)[nH]n3)ccc2C)o1. The highest BCUT2D eigenvalue weighted by molar-refractivity contribution is 7.89. The molecule has 2 aromatic heterocycles. The Kier molecular flexibility index (Phi) is 4.56. The number of hydrogen-bond acceptors (Lipinski definition) is 5. The van der Waals surface area contributed by atoms with Gasteiger partial charge in [0.15, 0.2) is 0 Å². The molecular formula is C17H17N3O4S. The zero-order valence-electron chi connectivity index (χ0n) is 13.7. The molecule has 2 heterocycles. The molecule has 2 N–H and O–H groups in total. The lowest BCUT2D eigenvalue weighted by atomic mass is 10.1. The number of benzene rings is 1. The molecule has 0 unspecified atom stereocenters. The van der Waals surface area contributed by atoms with E-state index in [4.69, 9.17) is 4.42 Å². The van der Waals surface area contributed by atoms with Crippen LogP contribution in [0.1, 0.15) is 17.1 Å². The van der Waals surface area contributed by atoms with Gasteiger partial charge in [0.05, 0.1) is 17.1 Å². The van der Waals surface area contributed by atoms with Gasteiger partial charge in [-0.25, -0.2) is 18.2 Å². The molecule has 3 rings (SSSR count). The predicted octanol–water partition coefficient (Wildman–Crippen LogP) is 2.13. The normalized spacial score (nSPS) is 11.6. The van der Waals surface area contributed by atoms with E-state index >= 15 is 0 Å². The fraction of sp³-hybridized carbons (Fsp3) is 0.176. The second-order valence-electron chi connectivity index (χ2n) is 5.62. The van der Waals surface area contributed by atoms with Gasteiger partial charge in [-0.15, -0.1) is 0 Å². The predicted molar refractivity (Wildman–Crippen MR) is 92.5 cm³/mol. The Bertz CT molecular complexity index is 1050. The largest absolute Gasteiger partial charge is 0.465 e. The van der Waals surface area contributed by atoms with Crippen LogP contribution in [-0.2, 0) is 16.6 Å². The minimum Gasteiger partial charge on any atom is -0.465 e. The maximum absolute atomic E-state index is 12.6. The Hall–Kier alpha value is -2.71. The summed E-state index contributed by atoms with van der Waals surface area (Å²) in [6.07, 6.45) is 0. The van der Waals surface area contributed by atoms with Crippen molar-refractivity contribution in [3.63, 3.8) is 0 Å². The van der Waals surface area contributed by atoms with E-state index in [-0.39, 0.29) is 17.0 Å². The molecule has 0 amide bonds. The van der Waals surface area contributed by atoms with Crippen LogP contribution < -0.4 is 10.3 Å². The van der Waals surface area contributed by atoms with E-state index in [2.05, 4.69) is 14.9 Å². The van der Waals surface area contributed by atoms with Crippen molar-refractivity contribution in [1.82, 2.24) is 14.9 Å². The van der Waals surface area contributed by atoms with Crippen LogP contribution in [-0.4, -0.2) is 18.6 Å². The van der Waals surface area contributed by atoms with E-state index in [0.29, 0.717) is 22.6 Å². The second kappa shape index (κ2) is 6.66. The Morgan fingerprint density at radius 2 is 1.92 bits per heavy atom. The lowest BCUT2D eigenvalue weighted by molar-refractivity contribution is 0.475. The number of aromatic nitrogens is 2. The number of aryl methyl sites for hydroxylation is 2. The molecule has 0 spiro atoms. The molecular weight excluding hydrogens is 342 g/mol. The molecule has 0 aliphatic heterocycles. The Labute approximate surface area is 144 Å². The lowest BCUT2D eigenvalue weighted by Crippen LogP contribution is -2.23. The van der Waals surface area contributed by atoms with Crippen LogP contribution in [0.15, 0.2) is 56.6 Å². The third-order valence-corrected chi connectivity index (χ3v) is 5.23. The zero-order valence-corrected chi connectivity index (χ0v) is 14.6. The minimum absolute atomic E-state index is 0.0662. The van der Waals surface area contributed by atoms with Gasteiger partial charge < -0.3 is 4.42 Å². The van der Waals surface area contributed by atoms with Crippen LogP contribution in [0.5, 0.6) is 0 Å². The third-order valence-electron chi connectivity index (χ3n) is 3.68. The van der Waals surface area contributed by atoms with Gasteiger partial charge in [0.2, 0.25) is 10.0 Å². The molecule has 1 aromatic carbocycles. The quantitative estimate of drug-likeness (QED) is 0.726. The van der Waals surface area contributed by atoms with Gasteiger partial charge in [-0.2, -0.15) is 5.10 Å². The van der Waals surface area contributed by atoms with Crippen molar-refractivity contribution >= 4 is 10.0 Å². The first-order valence-corrected chi connectivity index (χ1v) is 9.05. The van der Waals surface area contributed by atoms with Crippen molar-refractivity contribution < 1.29 is 12.8 Å². The van der Waals surface area contributed by atoms with Crippen LogP contribution in [0, 0.1) is 13.8 Å². The summed E-state index contributed by atoms with van der Waals surface area (Å²) in [7, 11) is -3.73. The fourth-order valence-corrected chi connectivity index (χ4v) is 3.64. The lowest BCUT2D eigenvalue weighted by Gasteiger charge is -2.10. The zero-order chi connectivity index (χ0) is 18.0. The van der Waals surface area contributed by atoms with Crippen molar-refractivity contribution in [2.75, 3.05) is 0 Å². The van der Waals surface area contributed by atoms with Crippen LogP contribution in [0.25, 0.3) is 11.3 Å². The van der Waals surface area contributed by atoms with Crippen molar-refractivity contribution in [1.29, 1.82) is 0 Å². The molecule has 0 atom stereocenters. The Balaban J connectivity index is 1.90. The molecule has 0 fully saturated rings. The molecule has 0 saturated heterocycles. The van der Waals surface area contributed by atoms with Gasteiger partial charge in [0.1, 0.15) is 11.5 Å². The molecule has 0 aliphatic rings. The number of sulfonamides is 1. The van der Waals surface area contributed by atoms with Gasteiger partial charge in [0.25, 0.3) is 5.56 Å². The number of furan rings is 1. The molecule has 7 nitrogen and oxygen atoms in total. The topological polar surface area (TPSA) is 105 Å². The molecule has 0 bridgehead atoms. The summed E-state index contributed by atoms with van der Waals surface area (Å²) in [5.41, 5.74) is 1.36. The van der Waals surface area contributed by atoms with Crippen molar-refractivity contribution in [2.45, 2.75) is 25.3 Å². The average Bonchev–Trinajstić information content (AvgIpc) is 3.00. The molecule has 130 valence electrons. The van der Waals surface area contributed by atoms with E-state index < -0.39 is 10.0 Å². The first-order chi connectivity index (χ1) is 11.8. The summed E-state index contributed by atoms with van der Waals surface area (Å²) in [6, 6.07) is 11.4. The Morgan fingerprint density at radius 3 is 2.56 bits per heavy atom. The van der Waals surface area contributed by atoms with E-state index in [1.165, 1.54) is 12.1 Å². The summed E-state index contributed by atoms with van der Waals surface area (Å²) in [4.78, 5) is 11.3. The molecule has 3 aromatic rings. The summed E-state index contributed by atoms with van der Waals surface area (Å²) >= 11 is 0. The number of hydrogen-bond donors (Lipinski definition) is 2. The van der Waals surface area contributed by atoms with Crippen molar-refractivity contribution in [3.05, 3.63) is 69.9 Å². The van der Waals surface area contributed by atoms with Gasteiger partial charge in [-0.3, -0.25) is 4.79 Å². The van der Waals surface area contributed by atoms with E-state index in [1.807, 2.05) is 0 Å². The summed E-state index contributed by atoms with van der Waals surface area (Å²) in [5.74, 6) is 1.26. The number of nitrogens with zero attached hydrogens (tertiary/aromatic N) is 1. The summed E-state index contributed by atoms with van der Waals surface area (Å²) in [5, 5.41) is 6.27. The highest BCUT2D eigenvalue weighted by Gasteiger charge is 2.18.